The highest BCUT2D eigenvalue weighted by molar-refractivity contribution is 6.33. The van der Waals surface area contributed by atoms with Gasteiger partial charge in [-0.1, -0.05) is 17.7 Å². The van der Waals surface area contributed by atoms with E-state index < -0.39 is 0 Å². The van der Waals surface area contributed by atoms with E-state index >= 15 is 0 Å². The summed E-state index contributed by atoms with van der Waals surface area (Å²) in [6.07, 6.45) is 0.694. The van der Waals surface area contributed by atoms with Crippen molar-refractivity contribution < 1.29 is 14.3 Å². The maximum atomic E-state index is 12.6. The molecule has 6 nitrogen and oxygen atoms in total. The summed E-state index contributed by atoms with van der Waals surface area (Å²) in [5.41, 5.74) is 2.14. The fourth-order valence-electron chi connectivity index (χ4n) is 2.50. The number of ether oxygens (including phenoxy) is 2. The first kappa shape index (κ1) is 18.1. The average molecular weight is 352 g/mol. The smallest absolute Gasteiger partial charge is 0.258 e. The Morgan fingerprint density at radius 1 is 1.29 bits per heavy atom. The first-order chi connectivity index (χ1) is 11.4. The van der Waals surface area contributed by atoms with Crippen LogP contribution in [-0.4, -0.2) is 48.4 Å². The van der Waals surface area contributed by atoms with Crippen molar-refractivity contribution in [3.8, 4) is 11.5 Å². The van der Waals surface area contributed by atoms with Crippen LogP contribution in [0.2, 0.25) is 5.15 Å². The van der Waals surface area contributed by atoms with Gasteiger partial charge in [0.15, 0.2) is 11.5 Å². The van der Waals surface area contributed by atoms with E-state index in [0.29, 0.717) is 40.9 Å². The summed E-state index contributed by atoms with van der Waals surface area (Å²) in [4.78, 5) is 14.2. The molecular weight excluding hydrogens is 330 g/mol. The highest BCUT2D eigenvalue weighted by Crippen LogP contribution is 2.28. The first-order valence-electron chi connectivity index (χ1n) is 7.54. The number of carbonyl (C=O) groups is 1. The highest BCUT2D eigenvalue weighted by Gasteiger charge is 2.22. The molecule has 1 amide bonds. The van der Waals surface area contributed by atoms with Crippen molar-refractivity contribution >= 4 is 17.5 Å². The molecule has 2 aromatic rings. The van der Waals surface area contributed by atoms with Gasteiger partial charge in [-0.15, -0.1) is 0 Å². The van der Waals surface area contributed by atoms with Crippen LogP contribution in [0.25, 0.3) is 0 Å². The quantitative estimate of drug-likeness (QED) is 0.803. The molecule has 7 heteroatoms. The second-order valence-electron chi connectivity index (χ2n) is 5.54. The lowest BCUT2D eigenvalue weighted by molar-refractivity contribution is 0.0796. The Morgan fingerprint density at radius 2 is 1.96 bits per heavy atom. The van der Waals surface area contributed by atoms with Crippen LogP contribution in [0.3, 0.4) is 0 Å². The molecule has 1 aromatic carbocycles. The number of hydrogen-bond acceptors (Lipinski definition) is 4. The van der Waals surface area contributed by atoms with Crippen LogP contribution in [0.4, 0.5) is 0 Å². The maximum Gasteiger partial charge on any atom is 0.258 e. The molecule has 0 aliphatic rings. The van der Waals surface area contributed by atoms with Crippen molar-refractivity contribution in [1.82, 2.24) is 14.7 Å². The van der Waals surface area contributed by atoms with Gasteiger partial charge in [-0.2, -0.15) is 5.10 Å². The van der Waals surface area contributed by atoms with Crippen LogP contribution >= 0.6 is 11.6 Å². The second kappa shape index (κ2) is 7.57. The summed E-state index contributed by atoms with van der Waals surface area (Å²) in [5.74, 6) is 1.23. The Kier molecular flexibility index (Phi) is 5.72. The third-order valence-electron chi connectivity index (χ3n) is 3.90. The Balaban J connectivity index is 2.07. The van der Waals surface area contributed by atoms with Gasteiger partial charge in [0, 0.05) is 20.6 Å². The number of benzene rings is 1. The van der Waals surface area contributed by atoms with Crippen LogP contribution in [0.15, 0.2) is 18.2 Å². The van der Waals surface area contributed by atoms with Crippen LogP contribution in [0, 0.1) is 6.92 Å². The number of methoxy groups -OCH3 is 2. The van der Waals surface area contributed by atoms with Crippen LogP contribution in [0.1, 0.15) is 21.6 Å². The lowest BCUT2D eigenvalue weighted by Crippen LogP contribution is -2.29. The normalized spacial score (nSPS) is 10.6. The molecule has 1 aromatic heterocycles. The molecule has 0 radical (unpaired) electrons. The SMILES string of the molecule is COc1ccc(CCN(C)C(=O)c2c(C)nn(C)c2Cl)cc1OC. The number of aromatic nitrogens is 2. The van der Waals surface area contributed by atoms with Crippen molar-refractivity contribution in [2.24, 2.45) is 7.05 Å². The monoisotopic (exact) mass is 351 g/mol. The molecular formula is C17H22ClN3O3. The topological polar surface area (TPSA) is 56.6 Å². The fourth-order valence-corrected chi connectivity index (χ4v) is 2.75. The van der Waals surface area contributed by atoms with E-state index in [1.165, 1.54) is 4.68 Å². The van der Waals surface area contributed by atoms with Gasteiger partial charge in [0.25, 0.3) is 5.91 Å². The molecule has 24 heavy (non-hydrogen) atoms. The number of rotatable bonds is 6. The van der Waals surface area contributed by atoms with E-state index in [9.17, 15) is 4.79 Å². The van der Waals surface area contributed by atoms with Gasteiger partial charge in [0.05, 0.1) is 25.5 Å². The van der Waals surface area contributed by atoms with Gasteiger partial charge in [-0.25, -0.2) is 0 Å². The van der Waals surface area contributed by atoms with E-state index in [1.807, 2.05) is 18.2 Å². The summed E-state index contributed by atoms with van der Waals surface area (Å²) < 4.78 is 12.0. The van der Waals surface area contributed by atoms with Crippen molar-refractivity contribution in [3.05, 3.63) is 40.2 Å². The number of amides is 1. The molecule has 0 atom stereocenters. The van der Waals surface area contributed by atoms with Crippen molar-refractivity contribution in [1.29, 1.82) is 0 Å². The van der Waals surface area contributed by atoms with Crippen molar-refractivity contribution in [2.75, 3.05) is 27.8 Å². The molecule has 0 N–H and O–H groups in total. The largest absolute Gasteiger partial charge is 0.493 e. The zero-order chi connectivity index (χ0) is 17.9. The molecule has 0 spiro atoms. The number of carbonyl (C=O) groups excluding carboxylic acids is 1. The van der Waals surface area contributed by atoms with E-state index in [0.717, 1.165) is 5.56 Å². The standard InChI is InChI=1S/C17H22ClN3O3/c1-11-15(16(18)21(3)19-11)17(22)20(2)9-8-12-6-7-13(23-4)14(10-12)24-5/h6-7,10H,8-9H2,1-5H3. The zero-order valence-electron chi connectivity index (χ0n) is 14.6. The van der Waals surface area contributed by atoms with E-state index in [-0.39, 0.29) is 5.91 Å². The minimum atomic E-state index is -0.133. The van der Waals surface area contributed by atoms with Gasteiger partial charge >= 0.3 is 0 Å². The first-order valence-corrected chi connectivity index (χ1v) is 7.92. The van der Waals surface area contributed by atoms with E-state index in [1.54, 1.807) is 40.1 Å². The fraction of sp³-hybridized carbons (Fsp3) is 0.412. The number of likely N-dealkylation sites (N-methyl/N-ethyl adjacent to an activating group) is 1. The molecule has 0 unspecified atom stereocenters. The Morgan fingerprint density at radius 3 is 2.50 bits per heavy atom. The third-order valence-corrected chi connectivity index (χ3v) is 4.33. The zero-order valence-corrected chi connectivity index (χ0v) is 15.3. The average Bonchev–Trinajstić information content (AvgIpc) is 2.83. The van der Waals surface area contributed by atoms with E-state index in [4.69, 9.17) is 21.1 Å². The minimum absolute atomic E-state index is 0.133. The summed E-state index contributed by atoms with van der Waals surface area (Å²) in [6, 6.07) is 5.74. The molecule has 0 aliphatic heterocycles. The number of halogens is 1. The maximum absolute atomic E-state index is 12.6. The molecule has 130 valence electrons. The van der Waals surface area contributed by atoms with Gasteiger partial charge < -0.3 is 14.4 Å². The third kappa shape index (κ3) is 3.64. The summed E-state index contributed by atoms with van der Waals surface area (Å²) in [6.45, 7) is 2.33. The number of hydrogen-bond donors (Lipinski definition) is 0. The second-order valence-corrected chi connectivity index (χ2v) is 5.90. The van der Waals surface area contributed by atoms with Crippen LogP contribution in [0.5, 0.6) is 11.5 Å². The molecule has 1 heterocycles. The van der Waals surface area contributed by atoms with Gasteiger partial charge in [0.2, 0.25) is 0 Å². The molecule has 0 aliphatic carbocycles. The van der Waals surface area contributed by atoms with Crippen LogP contribution < -0.4 is 9.47 Å². The molecule has 0 fully saturated rings. The molecule has 0 bridgehead atoms. The predicted octanol–water partition coefficient (Wildman–Crippen LogP) is 2.71. The lowest BCUT2D eigenvalue weighted by atomic mass is 10.1. The van der Waals surface area contributed by atoms with Gasteiger partial charge in [-0.3, -0.25) is 9.48 Å². The van der Waals surface area contributed by atoms with Gasteiger partial charge in [0.1, 0.15) is 5.15 Å². The molecule has 2 rings (SSSR count). The van der Waals surface area contributed by atoms with E-state index in [2.05, 4.69) is 5.10 Å². The number of aryl methyl sites for hydroxylation is 2. The summed E-state index contributed by atoms with van der Waals surface area (Å²) >= 11 is 6.17. The number of nitrogens with zero attached hydrogens (tertiary/aromatic N) is 3. The van der Waals surface area contributed by atoms with Gasteiger partial charge in [-0.05, 0) is 31.0 Å². The van der Waals surface area contributed by atoms with Crippen molar-refractivity contribution in [3.63, 3.8) is 0 Å². The Hall–Kier alpha value is -2.21. The summed E-state index contributed by atoms with van der Waals surface area (Å²) in [7, 11) is 6.68. The molecule has 0 saturated carbocycles. The van der Waals surface area contributed by atoms with Crippen LogP contribution in [-0.2, 0) is 13.5 Å². The van der Waals surface area contributed by atoms with Crippen molar-refractivity contribution in [2.45, 2.75) is 13.3 Å². The summed E-state index contributed by atoms with van der Waals surface area (Å²) in [5, 5.41) is 4.54. The minimum Gasteiger partial charge on any atom is -0.493 e. The highest BCUT2D eigenvalue weighted by atomic mass is 35.5. The Bertz CT molecular complexity index is 743. The lowest BCUT2D eigenvalue weighted by Gasteiger charge is -2.17. The Labute approximate surface area is 146 Å². The molecule has 0 saturated heterocycles. The predicted molar refractivity (Wildman–Crippen MR) is 93.2 cm³/mol.